The fraction of sp³-hybridized carbons (Fsp3) is 0.500. The van der Waals surface area contributed by atoms with Gasteiger partial charge in [-0.05, 0) is 37.5 Å². The molecule has 1 aromatic carbocycles. The van der Waals surface area contributed by atoms with Crippen molar-refractivity contribution in [2.75, 3.05) is 31.1 Å². The molecule has 21 heavy (non-hydrogen) atoms. The normalized spacial score (nSPS) is 18.5. The van der Waals surface area contributed by atoms with Crippen LogP contribution in [-0.2, 0) is 4.79 Å². The summed E-state index contributed by atoms with van der Waals surface area (Å²) in [6, 6.07) is 5.02. The smallest absolute Gasteiger partial charge is 0.225 e. The average molecular weight is 287 g/mol. The Morgan fingerprint density at radius 2 is 1.95 bits per heavy atom. The number of hydrogen-bond acceptors (Lipinski definition) is 3. The van der Waals surface area contributed by atoms with E-state index < -0.39 is 0 Å². The van der Waals surface area contributed by atoms with Crippen molar-refractivity contribution in [2.24, 2.45) is 5.92 Å². The molecule has 1 amide bonds. The number of carbonyl (C=O) groups excluding carboxylic acids is 1. The molecule has 0 aromatic heterocycles. The highest BCUT2D eigenvalue weighted by Gasteiger charge is 2.34. The second-order valence-electron chi connectivity index (χ2n) is 5.82. The Bertz CT molecular complexity index is 611. The van der Waals surface area contributed by atoms with Gasteiger partial charge in [0.25, 0.3) is 0 Å². The van der Waals surface area contributed by atoms with E-state index in [0.29, 0.717) is 37.4 Å². The summed E-state index contributed by atoms with van der Waals surface area (Å²) >= 11 is 0. The predicted molar refractivity (Wildman–Crippen MR) is 77.4 cm³/mol. The lowest BCUT2D eigenvalue weighted by Crippen LogP contribution is -2.49. The number of piperazine rings is 1. The van der Waals surface area contributed by atoms with Gasteiger partial charge in [-0.1, -0.05) is 0 Å². The molecule has 1 aromatic rings. The summed E-state index contributed by atoms with van der Waals surface area (Å²) in [4.78, 5) is 15.9. The number of hydrogen-bond donors (Lipinski definition) is 0. The summed E-state index contributed by atoms with van der Waals surface area (Å²) in [5.74, 6) is 0.135. The highest BCUT2D eigenvalue weighted by Crippen LogP contribution is 2.32. The van der Waals surface area contributed by atoms with Crippen LogP contribution in [-0.4, -0.2) is 37.0 Å². The fourth-order valence-electron chi connectivity index (χ4n) is 2.79. The van der Waals surface area contributed by atoms with Gasteiger partial charge < -0.3 is 9.80 Å². The Kier molecular flexibility index (Phi) is 3.54. The van der Waals surface area contributed by atoms with Crippen molar-refractivity contribution in [1.29, 1.82) is 5.26 Å². The van der Waals surface area contributed by atoms with Crippen LogP contribution >= 0.6 is 0 Å². The number of halogens is 1. The Labute approximate surface area is 123 Å². The van der Waals surface area contributed by atoms with Gasteiger partial charge in [0.15, 0.2) is 0 Å². The van der Waals surface area contributed by atoms with E-state index in [1.165, 1.54) is 6.07 Å². The van der Waals surface area contributed by atoms with E-state index >= 15 is 0 Å². The van der Waals surface area contributed by atoms with Crippen molar-refractivity contribution in [3.05, 3.63) is 29.1 Å². The Morgan fingerprint density at radius 1 is 1.29 bits per heavy atom. The second-order valence-corrected chi connectivity index (χ2v) is 5.82. The molecule has 110 valence electrons. The highest BCUT2D eigenvalue weighted by atomic mass is 19.1. The van der Waals surface area contributed by atoms with Gasteiger partial charge in [0.2, 0.25) is 5.91 Å². The maximum Gasteiger partial charge on any atom is 0.225 e. The molecule has 0 spiro atoms. The van der Waals surface area contributed by atoms with Crippen LogP contribution in [0.2, 0.25) is 0 Å². The summed E-state index contributed by atoms with van der Waals surface area (Å²) < 4.78 is 14.1. The van der Waals surface area contributed by atoms with E-state index in [2.05, 4.69) is 0 Å². The number of nitrogens with zero attached hydrogens (tertiary/aromatic N) is 3. The summed E-state index contributed by atoms with van der Waals surface area (Å²) in [5.41, 5.74) is 1.69. The van der Waals surface area contributed by atoms with Gasteiger partial charge in [-0.2, -0.15) is 5.26 Å². The topological polar surface area (TPSA) is 47.3 Å². The van der Waals surface area contributed by atoms with Crippen LogP contribution in [0.4, 0.5) is 10.1 Å². The van der Waals surface area contributed by atoms with Crippen LogP contribution in [0.25, 0.3) is 0 Å². The van der Waals surface area contributed by atoms with Gasteiger partial charge in [-0.3, -0.25) is 4.79 Å². The Morgan fingerprint density at radius 3 is 2.52 bits per heavy atom. The van der Waals surface area contributed by atoms with Gasteiger partial charge in [0.05, 0.1) is 17.3 Å². The lowest BCUT2D eigenvalue weighted by molar-refractivity contribution is -0.132. The van der Waals surface area contributed by atoms with Crippen molar-refractivity contribution < 1.29 is 9.18 Å². The first-order valence-electron chi connectivity index (χ1n) is 7.34. The lowest BCUT2D eigenvalue weighted by atomic mass is 10.1. The molecule has 0 unspecified atom stereocenters. The molecule has 0 radical (unpaired) electrons. The third-order valence-corrected chi connectivity index (χ3v) is 4.27. The van der Waals surface area contributed by atoms with Crippen LogP contribution in [0, 0.1) is 30.0 Å². The van der Waals surface area contributed by atoms with Crippen molar-refractivity contribution in [3.63, 3.8) is 0 Å². The van der Waals surface area contributed by atoms with E-state index in [4.69, 9.17) is 5.26 Å². The number of carbonyl (C=O) groups is 1. The van der Waals surface area contributed by atoms with Crippen molar-refractivity contribution in [3.8, 4) is 6.07 Å². The third-order valence-electron chi connectivity index (χ3n) is 4.27. The van der Waals surface area contributed by atoms with Gasteiger partial charge in [0, 0.05) is 32.1 Å². The predicted octanol–water partition coefficient (Wildman–Crippen LogP) is 2.06. The number of anilines is 1. The summed E-state index contributed by atoms with van der Waals surface area (Å²) in [6.45, 7) is 4.39. The molecule has 0 bridgehead atoms. The SMILES string of the molecule is Cc1cc(N2CCN(C(=O)C3CC3)CC2)c(F)cc1C#N. The third kappa shape index (κ3) is 2.71. The van der Waals surface area contributed by atoms with Crippen molar-refractivity contribution in [2.45, 2.75) is 19.8 Å². The molecule has 1 heterocycles. The maximum absolute atomic E-state index is 14.1. The second kappa shape index (κ2) is 5.36. The summed E-state index contributed by atoms with van der Waals surface area (Å²) in [6.07, 6.45) is 2.03. The molecule has 1 aliphatic carbocycles. The molecule has 0 N–H and O–H groups in total. The van der Waals surface area contributed by atoms with Gasteiger partial charge in [-0.15, -0.1) is 0 Å². The minimum absolute atomic E-state index is 0.241. The summed E-state index contributed by atoms with van der Waals surface area (Å²) in [7, 11) is 0. The van der Waals surface area contributed by atoms with Crippen molar-refractivity contribution in [1.82, 2.24) is 4.90 Å². The van der Waals surface area contributed by atoms with E-state index in [-0.39, 0.29) is 17.6 Å². The van der Waals surface area contributed by atoms with E-state index in [1.807, 2.05) is 22.8 Å². The molecule has 1 aliphatic heterocycles. The zero-order valence-corrected chi connectivity index (χ0v) is 12.1. The lowest BCUT2D eigenvalue weighted by Gasteiger charge is -2.36. The molecule has 2 aliphatic rings. The van der Waals surface area contributed by atoms with Crippen molar-refractivity contribution >= 4 is 11.6 Å². The molecule has 2 fully saturated rings. The van der Waals surface area contributed by atoms with Gasteiger partial charge in [0.1, 0.15) is 5.82 Å². The number of rotatable bonds is 2. The first-order chi connectivity index (χ1) is 10.1. The quantitative estimate of drug-likeness (QED) is 0.836. The van der Waals surface area contributed by atoms with Crippen LogP contribution in [0.5, 0.6) is 0 Å². The van der Waals surface area contributed by atoms with E-state index in [9.17, 15) is 9.18 Å². The summed E-state index contributed by atoms with van der Waals surface area (Å²) in [5, 5.41) is 8.92. The number of benzene rings is 1. The number of aryl methyl sites for hydroxylation is 1. The number of nitriles is 1. The molecule has 5 heteroatoms. The molecule has 0 atom stereocenters. The average Bonchev–Trinajstić information content (AvgIpc) is 3.33. The first kappa shape index (κ1) is 13.9. The van der Waals surface area contributed by atoms with Crippen LogP contribution in [0.1, 0.15) is 24.0 Å². The standard InChI is InChI=1S/C16H18FN3O/c1-11-8-15(14(17)9-13(11)10-18)19-4-6-20(7-5-19)16(21)12-2-3-12/h8-9,12H,2-7H2,1H3. The van der Waals surface area contributed by atoms with Crippen LogP contribution < -0.4 is 4.90 Å². The maximum atomic E-state index is 14.1. The van der Waals surface area contributed by atoms with Crippen LogP contribution in [0.3, 0.4) is 0 Å². The molecule has 3 rings (SSSR count). The molecular weight excluding hydrogens is 269 g/mol. The highest BCUT2D eigenvalue weighted by molar-refractivity contribution is 5.81. The largest absolute Gasteiger partial charge is 0.366 e. The Balaban J connectivity index is 1.70. The minimum atomic E-state index is -0.362. The minimum Gasteiger partial charge on any atom is -0.366 e. The Hall–Kier alpha value is -2.09. The molecular formula is C16H18FN3O. The molecule has 4 nitrogen and oxygen atoms in total. The van der Waals surface area contributed by atoms with Gasteiger partial charge in [-0.25, -0.2) is 4.39 Å². The zero-order chi connectivity index (χ0) is 15.0. The zero-order valence-electron chi connectivity index (χ0n) is 12.1. The van der Waals surface area contributed by atoms with Crippen LogP contribution in [0.15, 0.2) is 12.1 Å². The molecule has 1 saturated heterocycles. The monoisotopic (exact) mass is 287 g/mol. The van der Waals surface area contributed by atoms with E-state index in [0.717, 1.165) is 18.4 Å². The fourth-order valence-corrected chi connectivity index (χ4v) is 2.79. The first-order valence-corrected chi connectivity index (χ1v) is 7.34. The van der Waals surface area contributed by atoms with E-state index in [1.54, 1.807) is 6.07 Å². The molecule has 1 saturated carbocycles. The van der Waals surface area contributed by atoms with Gasteiger partial charge >= 0.3 is 0 Å². The number of amides is 1.